The zero-order valence-electron chi connectivity index (χ0n) is 25.4. The predicted molar refractivity (Wildman–Crippen MR) is 180 cm³/mol. The van der Waals surface area contributed by atoms with Crippen LogP contribution in [0.5, 0.6) is 0 Å². The van der Waals surface area contributed by atoms with E-state index in [-0.39, 0.29) is 11.6 Å². The van der Waals surface area contributed by atoms with Gasteiger partial charge in [0, 0.05) is 40.7 Å². The smallest absolute Gasteiger partial charge is 0.256 e. The van der Waals surface area contributed by atoms with Crippen LogP contribution in [0.25, 0.3) is 33.7 Å². The van der Waals surface area contributed by atoms with Crippen molar-refractivity contribution in [3.8, 4) is 16.9 Å². The molecule has 0 atom stereocenters. The quantitative estimate of drug-likeness (QED) is 0.138. The maximum Gasteiger partial charge on any atom is 0.256 e. The molecule has 0 saturated carbocycles. The van der Waals surface area contributed by atoms with E-state index in [1.807, 2.05) is 25.1 Å². The third kappa shape index (κ3) is 7.43. The molecule has 0 aliphatic carbocycles. The fourth-order valence-electron chi connectivity index (χ4n) is 4.89. The molecule has 2 aromatic heterocycles. The van der Waals surface area contributed by atoms with E-state index >= 15 is 8.78 Å². The molecule has 2 aromatic carbocycles. The second-order valence-electron chi connectivity index (χ2n) is 10.2. The van der Waals surface area contributed by atoms with Gasteiger partial charge in [-0.3, -0.25) is 9.36 Å². The van der Waals surface area contributed by atoms with Gasteiger partial charge in [0.2, 0.25) is 5.95 Å². The molecule has 0 bridgehead atoms. The zero-order chi connectivity index (χ0) is 31.8. The number of benzene rings is 2. The van der Waals surface area contributed by atoms with Gasteiger partial charge in [-0.2, -0.15) is 4.98 Å². The van der Waals surface area contributed by atoms with E-state index in [2.05, 4.69) is 54.1 Å². The first kappa shape index (κ1) is 32.6. The molecule has 0 aliphatic heterocycles. The number of nitrogens with one attached hydrogen (secondary N) is 2. The highest BCUT2D eigenvalue weighted by molar-refractivity contribution is 8.05. The van der Waals surface area contributed by atoms with Gasteiger partial charge in [-0.15, -0.1) is 11.8 Å². The van der Waals surface area contributed by atoms with Gasteiger partial charge in [0.05, 0.1) is 5.69 Å². The highest BCUT2D eigenvalue weighted by atomic mass is 32.2. The average molecular weight is 617 g/mol. The lowest BCUT2D eigenvalue weighted by Crippen LogP contribution is -2.25. The number of nitrogens with zero attached hydrogens (tertiary/aromatic N) is 4. The highest BCUT2D eigenvalue weighted by Gasteiger charge is 2.20. The summed E-state index contributed by atoms with van der Waals surface area (Å²) >= 11 is 1.45. The summed E-state index contributed by atoms with van der Waals surface area (Å²) in [4.78, 5) is 25.9. The van der Waals surface area contributed by atoms with Crippen LogP contribution in [0.1, 0.15) is 31.4 Å². The topological polar surface area (TPSA) is 75.1 Å². The van der Waals surface area contributed by atoms with Crippen LogP contribution in [0.15, 0.2) is 83.4 Å². The van der Waals surface area contributed by atoms with E-state index in [4.69, 9.17) is 4.98 Å². The third-order valence-electron chi connectivity index (χ3n) is 7.33. The highest BCUT2D eigenvalue weighted by Crippen LogP contribution is 2.32. The Morgan fingerprint density at radius 1 is 1.07 bits per heavy atom. The Morgan fingerprint density at radius 3 is 2.48 bits per heavy atom. The fourth-order valence-corrected chi connectivity index (χ4v) is 5.28. The Labute approximate surface area is 261 Å². The first-order valence-corrected chi connectivity index (χ1v) is 15.4. The largest absolute Gasteiger partial charge is 0.380 e. The molecule has 0 amide bonds. The number of pyridine rings is 1. The summed E-state index contributed by atoms with van der Waals surface area (Å²) in [5.41, 5.74) is 2.72. The Balaban J connectivity index is 1.86. The number of halogens is 2. The molecule has 0 saturated heterocycles. The van der Waals surface area contributed by atoms with Crippen molar-refractivity contribution < 1.29 is 8.78 Å². The Morgan fingerprint density at radius 2 is 1.80 bits per heavy atom. The molecule has 4 rings (SSSR count). The number of aryl methyl sites for hydroxylation is 1. The molecule has 10 heteroatoms. The maximum atomic E-state index is 15.0. The molecule has 0 unspecified atom stereocenters. The minimum absolute atomic E-state index is 0.0947. The number of anilines is 1. The van der Waals surface area contributed by atoms with Crippen LogP contribution in [0.2, 0.25) is 0 Å². The molecule has 0 radical (unpaired) electrons. The van der Waals surface area contributed by atoms with Gasteiger partial charge in [-0.25, -0.2) is 13.8 Å². The summed E-state index contributed by atoms with van der Waals surface area (Å²) in [6, 6.07) is 12.2. The van der Waals surface area contributed by atoms with Crippen molar-refractivity contribution in [1.29, 1.82) is 0 Å². The predicted octanol–water partition coefficient (Wildman–Crippen LogP) is 7.13. The first-order chi connectivity index (χ1) is 21.2. The molecule has 0 spiro atoms. The molecule has 4 aromatic rings. The Hall–Kier alpha value is -4.28. The molecular weight excluding hydrogens is 578 g/mol. The SMILES string of the molecule is C=CSC(=C)CNC(=C)c1ccc(C)c(-c2nc(NCCCN(CC)CC)nc3c2ccc(=O)n3-c2c(F)cccc2F)c1. The zero-order valence-corrected chi connectivity index (χ0v) is 26.2. The summed E-state index contributed by atoms with van der Waals surface area (Å²) in [5, 5.41) is 8.76. The summed E-state index contributed by atoms with van der Waals surface area (Å²) in [7, 11) is 0. The Bertz CT molecular complexity index is 1730. The maximum absolute atomic E-state index is 15.0. The van der Waals surface area contributed by atoms with Crippen LogP contribution >= 0.6 is 11.8 Å². The number of hydrogen-bond donors (Lipinski definition) is 2. The van der Waals surface area contributed by atoms with Gasteiger partial charge in [0.15, 0.2) is 5.65 Å². The lowest BCUT2D eigenvalue weighted by Gasteiger charge is -2.19. The molecule has 0 aliphatic rings. The molecule has 44 heavy (non-hydrogen) atoms. The van der Waals surface area contributed by atoms with Crippen molar-refractivity contribution in [2.45, 2.75) is 27.2 Å². The first-order valence-electron chi connectivity index (χ1n) is 14.5. The average Bonchev–Trinajstić information content (AvgIpc) is 3.01. The van der Waals surface area contributed by atoms with Crippen molar-refractivity contribution in [2.24, 2.45) is 0 Å². The number of hydrogen-bond acceptors (Lipinski definition) is 7. The van der Waals surface area contributed by atoms with E-state index < -0.39 is 22.9 Å². The van der Waals surface area contributed by atoms with Crippen molar-refractivity contribution in [2.75, 3.05) is 38.0 Å². The van der Waals surface area contributed by atoms with Gasteiger partial charge in [-0.1, -0.05) is 51.8 Å². The van der Waals surface area contributed by atoms with Crippen LogP contribution in [0.4, 0.5) is 14.7 Å². The Kier molecular flexibility index (Phi) is 11.1. The van der Waals surface area contributed by atoms with Crippen LogP contribution in [0, 0.1) is 18.6 Å². The van der Waals surface area contributed by atoms with E-state index in [1.165, 1.54) is 23.9 Å². The molecule has 2 N–H and O–H groups in total. The number of thioether (sulfide) groups is 1. The molecule has 7 nitrogen and oxygen atoms in total. The summed E-state index contributed by atoms with van der Waals surface area (Å²) in [6.07, 6.45) is 0.831. The molecule has 2 heterocycles. The lowest BCUT2D eigenvalue weighted by molar-refractivity contribution is 0.303. The van der Waals surface area contributed by atoms with Gasteiger partial charge < -0.3 is 15.5 Å². The van der Waals surface area contributed by atoms with E-state index in [9.17, 15) is 4.79 Å². The summed E-state index contributed by atoms with van der Waals surface area (Å²) < 4.78 is 31.1. The minimum atomic E-state index is -0.870. The van der Waals surface area contributed by atoms with Crippen LogP contribution < -0.4 is 16.2 Å². The minimum Gasteiger partial charge on any atom is -0.380 e. The van der Waals surface area contributed by atoms with Crippen molar-refractivity contribution in [1.82, 2.24) is 24.8 Å². The standard InChI is InChI=1S/C34H38F2N6OS/c1-7-41(8-2)19-11-18-37-34-39-31(27-20-25(15-14-22(27)4)24(6)38-21-23(5)44-9-3)26-16-17-30(43)42(33(26)40-34)32-28(35)12-10-13-29(32)36/h9-10,12-17,20,38H,3,5-8,11,18-19,21H2,1-2,4H3,(H,37,39,40). The number of fused-ring (bicyclic) bond motifs is 1. The van der Waals surface area contributed by atoms with Crippen LogP contribution in [-0.2, 0) is 0 Å². The van der Waals surface area contributed by atoms with E-state index in [0.717, 1.165) is 64.4 Å². The second-order valence-corrected chi connectivity index (χ2v) is 11.3. The molecular formula is C34H38F2N6OS. The third-order valence-corrected chi connectivity index (χ3v) is 7.97. The van der Waals surface area contributed by atoms with Crippen LogP contribution in [-0.4, -0.2) is 52.2 Å². The molecule has 0 fully saturated rings. The van der Waals surface area contributed by atoms with Crippen molar-refractivity contribution >= 4 is 34.4 Å². The lowest BCUT2D eigenvalue weighted by atomic mass is 9.98. The fraction of sp³-hybridized carbons (Fsp3) is 0.265. The number of para-hydroxylation sites is 1. The van der Waals surface area contributed by atoms with Crippen LogP contribution in [0.3, 0.4) is 0 Å². The van der Waals surface area contributed by atoms with E-state index in [1.54, 1.807) is 11.5 Å². The van der Waals surface area contributed by atoms with E-state index in [0.29, 0.717) is 29.9 Å². The normalized spacial score (nSPS) is 11.1. The second kappa shape index (κ2) is 14.9. The van der Waals surface area contributed by atoms with Crippen molar-refractivity contribution in [3.63, 3.8) is 0 Å². The number of rotatable bonds is 15. The van der Waals surface area contributed by atoms with Gasteiger partial charge in [-0.05, 0) is 73.8 Å². The van der Waals surface area contributed by atoms with Gasteiger partial charge in [0.25, 0.3) is 5.56 Å². The summed E-state index contributed by atoms with van der Waals surface area (Å²) in [6.45, 7) is 22.0. The summed E-state index contributed by atoms with van der Waals surface area (Å²) in [5.74, 6) is -1.49. The van der Waals surface area contributed by atoms with Crippen molar-refractivity contribution in [3.05, 3.63) is 112 Å². The monoisotopic (exact) mass is 616 g/mol. The van der Waals surface area contributed by atoms with Gasteiger partial charge >= 0.3 is 0 Å². The molecule has 230 valence electrons. The van der Waals surface area contributed by atoms with Gasteiger partial charge in [0.1, 0.15) is 17.3 Å². The number of aromatic nitrogens is 3.